The predicted molar refractivity (Wildman–Crippen MR) is 135 cm³/mol. The van der Waals surface area contributed by atoms with Gasteiger partial charge in [-0.15, -0.1) is 0 Å². The van der Waals surface area contributed by atoms with Gasteiger partial charge in [0, 0.05) is 18.5 Å². The molecule has 2 unspecified atom stereocenters. The maximum absolute atomic E-state index is 14.2. The Labute approximate surface area is 186 Å². The molecule has 0 aliphatic carbocycles. The third kappa shape index (κ3) is 5.96. The van der Waals surface area contributed by atoms with E-state index in [0.29, 0.717) is 5.92 Å². The molecule has 0 aromatic heterocycles. The van der Waals surface area contributed by atoms with E-state index in [1.165, 1.54) is 27.5 Å². The summed E-state index contributed by atoms with van der Waals surface area (Å²) in [4.78, 5) is 0. The van der Waals surface area contributed by atoms with Gasteiger partial charge in [-0.05, 0) is 46.2 Å². The minimum Gasteiger partial charge on any atom is -0.324 e. The average Bonchev–Trinajstić information content (AvgIpc) is 2.83. The summed E-state index contributed by atoms with van der Waals surface area (Å²) in [5.74, 6) is 0.305. The quantitative estimate of drug-likeness (QED) is 0.250. The Morgan fingerprint density at radius 1 is 0.645 bits per heavy atom. The van der Waals surface area contributed by atoms with Crippen molar-refractivity contribution in [1.82, 2.24) is 0 Å². The molecule has 0 bridgehead atoms. The van der Waals surface area contributed by atoms with Crippen LogP contribution in [0.2, 0.25) is 0 Å². The van der Waals surface area contributed by atoms with Gasteiger partial charge < -0.3 is 4.57 Å². The number of hydrogen-bond acceptors (Lipinski definition) is 1. The largest absolute Gasteiger partial charge is 0.324 e. The van der Waals surface area contributed by atoms with E-state index >= 15 is 0 Å². The van der Waals surface area contributed by atoms with E-state index in [4.69, 9.17) is 0 Å². The Kier molecular flexibility index (Phi) is 7.05. The molecule has 0 N–H and O–H groups in total. The summed E-state index contributed by atoms with van der Waals surface area (Å²) in [7, 11) is -2.33. The summed E-state index contributed by atoms with van der Waals surface area (Å²) < 4.78 is 14.2. The molecule has 0 fully saturated rings. The maximum Gasteiger partial charge on any atom is 0.0890 e. The molecule has 31 heavy (non-hydrogen) atoms. The predicted octanol–water partition coefficient (Wildman–Crippen LogP) is 7.79. The highest BCUT2D eigenvalue weighted by Crippen LogP contribution is 2.50. The summed E-state index contributed by atoms with van der Waals surface area (Å²) >= 11 is 0. The fourth-order valence-corrected chi connectivity index (χ4v) is 7.51. The summed E-state index contributed by atoms with van der Waals surface area (Å²) in [5.41, 5.74) is 3.85. The van der Waals surface area contributed by atoms with Gasteiger partial charge in [-0.25, -0.2) is 0 Å². The van der Waals surface area contributed by atoms with Crippen LogP contribution in [0.15, 0.2) is 103 Å². The average molecular weight is 427 g/mol. The molecule has 0 radical (unpaired) electrons. The van der Waals surface area contributed by atoms with Crippen molar-refractivity contribution in [2.24, 2.45) is 0 Å². The minimum atomic E-state index is -2.33. The van der Waals surface area contributed by atoms with E-state index in [1.807, 2.05) is 12.1 Å². The van der Waals surface area contributed by atoms with Crippen molar-refractivity contribution in [3.8, 4) is 0 Å². The summed E-state index contributed by atoms with van der Waals surface area (Å²) in [5, 5.41) is 2.52. The molecule has 158 valence electrons. The lowest BCUT2D eigenvalue weighted by molar-refractivity contribution is 0.569. The van der Waals surface area contributed by atoms with Crippen LogP contribution in [-0.4, -0.2) is 18.5 Å². The van der Waals surface area contributed by atoms with Crippen LogP contribution in [0.25, 0.3) is 10.8 Å². The van der Waals surface area contributed by atoms with Crippen LogP contribution in [0.1, 0.15) is 29.5 Å². The van der Waals surface area contributed by atoms with Gasteiger partial charge in [0.15, 0.2) is 0 Å². The first-order chi connectivity index (χ1) is 15.1. The summed E-state index contributed by atoms with van der Waals surface area (Å²) in [6.07, 6.45) is 4.09. The van der Waals surface area contributed by atoms with E-state index in [0.717, 1.165) is 31.3 Å². The minimum absolute atomic E-state index is 0.305. The van der Waals surface area contributed by atoms with Gasteiger partial charge in [-0.2, -0.15) is 0 Å². The topological polar surface area (TPSA) is 17.1 Å². The van der Waals surface area contributed by atoms with Gasteiger partial charge >= 0.3 is 0 Å². The molecule has 0 aliphatic rings. The van der Waals surface area contributed by atoms with E-state index in [1.54, 1.807) is 0 Å². The Morgan fingerprint density at radius 3 is 1.94 bits per heavy atom. The molecule has 2 heteroatoms. The summed E-state index contributed by atoms with van der Waals surface area (Å²) in [6.45, 7) is 2.22. The van der Waals surface area contributed by atoms with E-state index < -0.39 is 7.14 Å². The van der Waals surface area contributed by atoms with Crippen LogP contribution in [-0.2, 0) is 17.4 Å². The second-order valence-electron chi connectivity index (χ2n) is 8.67. The Morgan fingerprint density at radius 2 is 1.23 bits per heavy atom. The fourth-order valence-electron chi connectivity index (χ4n) is 4.39. The standard InChI is InChI=1S/C29H31OP/c1-24(27-12-6-3-7-13-27)23-31(30,20-18-25-10-4-2-5-11-25)21-19-26-16-17-28-14-8-9-15-29(28)22-26/h2-17,22,24H,18-21,23H2,1H3. The van der Waals surface area contributed by atoms with Crippen LogP contribution in [0.4, 0.5) is 0 Å². The van der Waals surface area contributed by atoms with E-state index in [9.17, 15) is 4.57 Å². The van der Waals surface area contributed by atoms with E-state index in [-0.39, 0.29) is 0 Å². The zero-order chi connectivity index (χ0) is 21.5. The maximum atomic E-state index is 14.2. The van der Waals surface area contributed by atoms with Gasteiger partial charge in [0.2, 0.25) is 0 Å². The lowest BCUT2D eigenvalue weighted by Gasteiger charge is -2.23. The van der Waals surface area contributed by atoms with Crippen LogP contribution < -0.4 is 0 Å². The molecule has 0 spiro atoms. The fraction of sp³-hybridized carbons (Fsp3) is 0.241. The molecular formula is C29H31OP. The number of fused-ring (bicyclic) bond motifs is 1. The number of benzene rings is 4. The molecule has 1 nitrogen and oxygen atoms in total. The third-order valence-corrected chi connectivity index (χ3v) is 9.54. The molecule has 0 aliphatic heterocycles. The Hall–Kier alpha value is -2.63. The summed E-state index contributed by atoms with van der Waals surface area (Å²) in [6, 6.07) is 36.1. The second kappa shape index (κ2) is 10.1. The molecule has 4 aromatic carbocycles. The molecule has 0 saturated heterocycles. The third-order valence-electron chi connectivity index (χ3n) is 6.25. The normalized spacial score (nSPS) is 14.2. The van der Waals surface area contributed by atoms with Crippen LogP contribution >= 0.6 is 7.14 Å². The zero-order valence-corrected chi connectivity index (χ0v) is 19.2. The number of aryl methyl sites for hydroxylation is 2. The molecule has 4 aromatic rings. The lowest BCUT2D eigenvalue weighted by atomic mass is 10.0. The monoisotopic (exact) mass is 426 g/mol. The highest BCUT2D eigenvalue weighted by molar-refractivity contribution is 7.64. The van der Waals surface area contributed by atoms with Crippen molar-refractivity contribution in [1.29, 1.82) is 0 Å². The molecule has 2 atom stereocenters. The van der Waals surface area contributed by atoms with Crippen molar-refractivity contribution in [2.75, 3.05) is 18.5 Å². The Bertz CT molecular complexity index is 1150. The first-order valence-corrected chi connectivity index (χ1v) is 13.5. The zero-order valence-electron chi connectivity index (χ0n) is 18.3. The lowest BCUT2D eigenvalue weighted by Crippen LogP contribution is -2.10. The van der Waals surface area contributed by atoms with E-state index in [2.05, 4.69) is 97.9 Å². The van der Waals surface area contributed by atoms with Gasteiger partial charge in [0.05, 0.1) is 7.14 Å². The molecule has 0 amide bonds. The smallest absolute Gasteiger partial charge is 0.0890 e. The number of hydrogen-bond donors (Lipinski definition) is 0. The highest BCUT2D eigenvalue weighted by Gasteiger charge is 2.25. The van der Waals surface area contributed by atoms with Gasteiger partial charge in [-0.3, -0.25) is 0 Å². The molecule has 0 saturated carbocycles. The highest BCUT2D eigenvalue weighted by atomic mass is 31.2. The van der Waals surface area contributed by atoms with Gasteiger partial charge in [0.1, 0.15) is 0 Å². The molecular weight excluding hydrogens is 395 g/mol. The SMILES string of the molecule is CC(CP(=O)(CCc1ccccc1)CCc1ccc2ccccc2c1)c1ccccc1. The van der Waals surface area contributed by atoms with Crippen LogP contribution in [0.3, 0.4) is 0 Å². The van der Waals surface area contributed by atoms with Crippen LogP contribution in [0.5, 0.6) is 0 Å². The van der Waals surface area contributed by atoms with Gasteiger partial charge in [-0.1, -0.05) is 110 Å². The van der Waals surface area contributed by atoms with Crippen molar-refractivity contribution >= 4 is 17.9 Å². The van der Waals surface area contributed by atoms with Crippen molar-refractivity contribution < 1.29 is 4.57 Å². The van der Waals surface area contributed by atoms with Crippen molar-refractivity contribution in [2.45, 2.75) is 25.7 Å². The first kappa shape index (κ1) is 21.6. The molecule has 4 rings (SSSR count). The van der Waals surface area contributed by atoms with Gasteiger partial charge in [0.25, 0.3) is 0 Å². The van der Waals surface area contributed by atoms with Crippen molar-refractivity contribution in [3.63, 3.8) is 0 Å². The van der Waals surface area contributed by atoms with Crippen molar-refractivity contribution in [3.05, 3.63) is 120 Å². The first-order valence-electron chi connectivity index (χ1n) is 11.2. The number of rotatable bonds is 9. The molecule has 0 heterocycles. The Balaban J connectivity index is 1.50. The van der Waals surface area contributed by atoms with Crippen LogP contribution in [0, 0.1) is 0 Å². The second-order valence-corrected chi connectivity index (χ2v) is 12.0.